The van der Waals surface area contributed by atoms with Gasteiger partial charge in [-0.3, -0.25) is 5.01 Å². The molecule has 0 aliphatic carbocycles. The van der Waals surface area contributed by atoms with Gasteiger partial charge in [-0.2, -0.15) is 0 Å². The molecular formula is C10H11N3O. The van der Waals surface area contributed by atoms with Crippen molar-refractivity contribution in [2.24, 2.45) is 5.73 Å². The molecule has 0 bridgehead atoms. The van der Waals surface area contributed by atoms with Gasteiger partial charge in [0.1, 0.15) is 0 Å². The normalized spacial score (nSPS) is 13.6. The van der Waals surface area contributed by atoms with Crippen molar-refractivity contribution < 1.29 is 4.79 Å². The lowest BCUT2D eigenvalue weighted by atomic mass is 10.1. The fourth-order valence-electron chi connectivity index (χ4n) is 1.47. The standard InChI is InChI=1S/C10H11N3O/c11-10(14)12-13-6-5-8-3-1-2-4-9(8)7-13/h1-6H,7H2,(H3,11,12,14). The molecule has 0 saturated heterocycles. The van der Waals surface area contributed by atoms with Crippen molar-refractivity contribution in [1.82, 2.24) is 10.4 Å². The number of benzene rings is 1. The molecule has 4 heteroatoms. The molecule has 1 aliphatic rings. The Morgan fingerprint density at radius 3 is 3.00 bits per heavy atom. The maximum absolute atomic E-state index is 10.6. The maximum atomic E-state index is 10.6. The number of fused-ring (bicyclic) bond motifs is 1. The van der Waals surface area contributed by atoms with E-state index in [2.05, 4.69) is 5.43 Å². The van der Waals surface area contributed by atoms with Gasteiger partial charge in [0.15, 0.2) is 0 Å². The first-order valence-corrected chi connectivity index (χ1v) is 4.34. The second kappa shape index (κ2) is 3.41. The van der Waals surface area contributed by atoms with E-state index in [0.717, 1.165) is 0 Å². The van der Waals surface area contributed by atoms with Gasteiger partial charge >= 0.3 is 6.03 Å². The zero-order valence-corrected chi connectivity index (χ0v) is 7.60. The topological polar surface area (TPSA) is 58.4 Å². The molecule has 0 radical (unpaired) electrons. The summed E-state index contributed by atoms with van der Waals surface area (Å²) in [5, 5.41) is 1.66. The molecule has 2 amide bonds. The number of primary amides is 1. The van der Waals surface area contributed by atoms with Crippen LogP contribution in [0.4, 0.5) is 4.79 Å². The van der Waals surface area contributed by atoms with Crippen LogP contribution in [0, 0.1) is 0 Å². The summed E-state index contributed by atoms with van der Waals surface area (Å²) in [6.45, 7) is 0.648. The van der Waals surface area contributed by atoms with Gasteiger partial charge in [0.2, 0.25) is 0 Å². The maximum Gasteiger partial charge on any atom is 0.330 e. The molecule has 0 atom stereocenters. The van der Waals surface area contributed by atoms with Gasteiger partial charge in [-0.15, -0.1) is 0 Å². The van der Waals surface area contributed by atoms with E-state index in [9.17, 15) is 4.79 Å². The van der Waals surface area contributed by atoms with Crippen molar-refractivity contribution in [3.8, 4) is 0 Å². The molecule has 1 aliphatic heterocycles. The summed E-state index contributed by atoms with van der Waals surface area (Å²) in [5.74, 6) is 0. The minimum atomic E-state index is -0.547. The Bertz CT molecular complexity index is 387. The number of hydrazine groups is 1. The van der Waals surface area contributed by atoms with Crippen molar-refractivity contribution in [1.29, 1.82) is 0 Å². The number of nitrogens with zero attached hydrogens (tertiary/aromatic N) is 1. The quantitative estimate of drug-likeness (QED) is 0.693. The number of hydrogen-bond acceptors (Lipinski definition) is 2. The number of amides is 2. The van der Waals surface area contributed by atoms with Crippen LogP contribution in [0.2, 0.25) is 0 Å². The van der Waals surface area contributed by atoms with Crippen molar-refractivity contribution >= 4 is 12.1 Å². The van der Waals surface area contributed by atoms with E-state index in [1.807, 2.05) is 30.3 Å². The highest BCUT2D eigenvalue weighted by molar-refractivity contribution is 5.71. The number of carbonyl (C=O) groups excluding carboxylic acids is 1. The molecule has 1 aromatic carbocycles. The van der Waals surface area contributed by atoms with Crippen LogP contribution in [0.5, 0.6) is 0 Å². The Morgan fingerprint density at radius 2 is 2.21 bits per heavy atom. The molecule has 4 nitrogen and oxygen atoms in total. The number of nitrogens with one attached hydrogen (secondary N) is 1. The van der Waals surface area contributed by atoms with Crippen LogP contribution < -0.4 is 11.2 Å². The van der Waals surface area contributed by atoms with Crippen LogP contribution in [0.25, 0.3) is 6.08 Å². The van der Waals surface area contributed by atoms with E-state index in [-0.39, 0.29) is 0 Å². The summed E-state index contributed by atoms with van der Waals surface area (Å²) in [6, 6.07) is 7.47. The summed E-state index contributed by atoms with van der Waals surface area (Å²) >= 11 is 0. The first kappa shape index (κ1) is 8.62. The Balaban J connectivity index is 2.17. The average molecular weight is 189 g/mol. The fraction of sp³-hybridized carbons (Fsp3) is 0.100. The third-order valence-corrected chi connectivity index (χ3v) is 2.08. The SMILES string of the molecule is NC(=O)NN1C=Cc2ccccc2C1. The minimum Gasteiger partial charge on any atom is -0.350 e. The second-order valence-electron chi connectivity index (χ2n) is 3.12. The van der Waals surface area contributed by atoms with Crippen LogP contribution in [-0.4, -0.2) is 11.0 Å². The Hall–Kier alpha value is -1.97. The first-order chi connectivity index (χ1) is 6.75. The van der Waals surface area contributed by atoms with E-state index >= 15 is 0 Å². The third-order valence-electron chi connectivity index (χ3n) is 2.08. The third kappa shape index (κ3) is 1.69. The zero-order valence-electron chi connectivity index (χ0n) is 7.60. The number of hydrogen-bond donors (Lipinski definition) is 2. The number of urea groups is 1. The summed E-state index contributed by atoms with van der Waals surface area (Å²) in [5.41, 5.74) is 9.87. The highest BCUT2D eigenvalue weighted by Crippen LogP contribution is 2.17. The first-order valence-electron chi connectivity index (χ1n) is 4.34. The molecule has 0 spiro atoms. The van der Waals surface area contributed by atoms with E-state index < -0.39 is 6.03 Å². The van der Waals surface area contributed by atoms with Gasteiger partial charge in [0.05, 0.1) is 6.54 Å². The van der Waals surface area contributed by atoms with Crippen LogP contribution in [-0.2, 0) is 6.54 Å². The number of carbonyl (C=O) groups is 1. The van der Waals surface area contributed by atoms with Gasteiger partial charge in [-0.05, 0) is 17.2 Å². The largest absolute Gasteiger partial charge is 0.350 e. The van der Waals surface area contributed by atoms with Crippen LogP contribution in [0.3, 0.4) is 0 Å². The predicted octanol–water partition coefficient (Wildman–Crippen LogP) is 1.06. The molecule has 14 heavy (non-hydrogen) atoms. The minimum absolute atomic E-state index is 0.547. The van der Waals surface area contributed by atoms with Crippen molar-refractivity contribution in [2.45, 2.75) is 6.54 Å². The molecule has 0 unspecified atom stereocenters. The van der Waals surface area contributed by atoms with Gasteiger partial charge in [-0.1, -0.05) is 24.3 Å². The lowest BCUT2D eigenvalue weighted by Gasteiger charge is -2.24. The van der Waals surface area contributed by atoms with Crippen LogP contribution in [0.15, 0.2) is 30.5 Å². The lowest BCUT2D eigenvalue weighted by Crippen LogP contribution is -2.42. The van der Waals surface area contributed by atoms with Gasteiger partial charge in [0.25, 0.3) is 0 Å². The fourth-order valence-corrected chi connectivity index (χ4v) is 1.47. The smallest absolute Gasteiger partial charge is 0.330 e. The summed E-state index contributed by atoms with van der Waals surface area (Å²) in [4.78, 5) is 10.6. The van der Waals surface area contributed by atoms with Crippen molar-refractivity contribution in [2.75, 3.05) is 0 Å². The van der Waals surface area contributed by atoms with Crippen LogP contribution in [0.1, 0.15) is 11.1 Å². The highest BCUT2D eigenvalue weighted by atomic mass is 16.2. The zero-order chi connectivity index (χ0) is 9.97. The Labute approximate surface area is 82.0 Å². The molecular weight excluding hydrogens is 178 g/mol. The van der Waals surface area contributed by atoms with E-state index in [1.165, 1.54) is 11.1 Å². The second-order valence-corrected chi connectivity index (χ2v) is 3.12. The molecule has 0 fully saturated rings. The van der Waals surface area contributed by atoms with Crippen molar-refractivity contribution in [3.05, 3.63) is 41.6 Å². The number of nitrogens with two attached hydrogens (primary N) is 1. The molecule has 3 N–H and O–H groups in total. The van der Waals surface area contributed by atoms with E-state index in [4.69, 9.17) is 5.73 Å². The molecule has 2 rings (SSSR count). The Kier molecular flexibility index (Phi) is 2.10. The van der Waals surface area contributed by atoms with Crippen molar-refractivity contribution in [3.63, 3.8) is 0 Å². The molecule has 1 heterocycles. The predicted molar refractivity (Wildman–Crippen MR) is 53.7 cm³/mol. The summed E-state index contributed by atoms with van der Waals surface area (Å²) in [6.07, 6.45) is 3.74. The van der Waals surface area contributed by atoms with E-state index in [0.29, 0.717) is 6.54 Å². The van der Waals surface area contributed by atoms with Crippen LogP contribution >= 0.6 is 0 Å². The monoisotopic (exact) mass is 189 g/mol. The number of rotatable bonds is 1. The summed E-state index contributed by atoms with van der Waals surface area (Å²) in [7, 11) is 0. The average Bonchev–Trinajstić information content (AvgIpc) is 2.17. The molecule has 0 aromatic heterocycles. The van der Waals surface area contributed by atoms with Gasteiger partial charge in [-0.25, -0.2) is 10.2 Å². The molecule has 0 saturated carbocycles. The lowest BCUT2D eigenvalue weighted by molar-refractivity contribution is 0.214. The highest BCUT2D eigenvalue weighted by Gasteiger charge is 2.09. The summed E-state index contributed by atoms with van der Waals surface area (Å²) < 4.78 is 0. The van der Waals surface area contributed by atoms with Gasteiger partial charge in [0, 0.05) is 6.20 Å². The molecule has 1 aromatic rings. The van der Waals surface area contributed by atoms with Gasteiger partial charge < -0.3 is 5.73 Å². The molecule has 72 valence electrons. The Morgan fingerprint density at radius 1 is 1.43 bits per heavy atom. The van der Waals surface area contributed by atoms with E-state index in [1.54, 1.807) is 11.2 Å².